The fourth-order valence-corrected chi connectivity index (χ4v) is 1.34. The van der Waals surface area contributed by atoms with Crippen molar-refractivity contribution in [3.63, 3.8) is 0 Å². The summed E-state index contributed by atoms with van der Waals surface area (Å²) in [6.07, 6.45) is 0. The second-order valence-corrected chi connectivity index (χ2v) is 3.19. The highest BCUT2D eigenvalue weighted by molar-refractivity contribution is 5.85. The molecule has 1 unspecified atom stereocenters. The van der Waals surface area contributed by atoms with E-state index < -0.39 is 0 Å². The molecule has 0 aliphatic carbocycles. The summed E-state index contributed by atoms with van der Waals surface area (Å²) >= 11 is 0. The predicted octanol–water partition coefficient (Wildman–Crippen LogP) is 1.90. The predicted molar refractivity (Wildman–Crippen MR) is 57.3 cm³/mol. The molecule has 1 aromatic rings. The van der Waals surface area contributed by atoms with Crippen molar-refractivity contribution in [2.45, 2.75) is 13.0 Å². The molecule has 1 aromatic carbocycles. The first-order chi connectivity index (χ1) is 6.27. The van der Waals surface area contributed by atoms with Crippen LogP contribution in [0.15, 0.2) is 18.2 Å². The molecule has 1 heterocycles. The zero-order chi connectivity index (χ0) is 9.26. The molecule has 1 atom stereocenters. The lowest BCUT2D eigenvalue weighted by molar-refractivity contribution is 0.171. The van der Waals surface area contributed by atoms with Gasteiger partial charge in [0.2, 0.25) is 0 Å². The quantitative estimate of drug-likeness (QED) is 0.778. The van der Waals surface area contributed by atoms with Gasteiger partial charge in [0.15, 0.2) is 11.5 Å². The Bertz CT molecular complexity index is 315. The molecule has 1 aliphatic heterocycles. The van der Waals surface area contributed by atoms with Gasteiger partial charge in [0.05, 0.1) is 0 Å². The van der Waals surface area contributed by atoms with E-state index in [0.29, 0.717) is 13.2 Å². The summed E-state index contributed by atoms with van der Waals surface area (Å²) in [4.78, 5) is 0. The Balaban J connectivity index is 0.000000980. The van der Waals surface area contributed by atoms with Crippen molar-refractivity contribution in [1.29, 1.82) is 0 Å². The minimum Gasteiger partial charge on any atom is -0.486 e. The normalized spacial score (nSPS) is 15.6. The van der Waals surface area contributed by atoms with Gasteiger partial charge in [-0.3, -0.25) is 0 Å². The molecule has 14 heavy (non-hydrogen) atoms. The van der Waals surface area contributed by atoms with Gasteiger partial charge in [0, 0.05) is 6.04 Å². The zero-order valence-electron chi connectivity index (χ0n) is 8.03. The van der Waals surface area contributed by atoms with Gasteiger partial charge in [-0.25, -0.2) is 0 Å². The first kappa shape index (κ1) is 11.1. The SMILES string of the molecule is CC(N)c1ccc2c(c1)OCCO2.Cl. The Morgan fingerprint density at radius 2 is 1.86 bits per heavy atom. The highest BCUT2D eigenvalue weighted by Crippen LogP contribution is 2.31. The fraction of sp³-hybridized carbons (Fsp3) is 0.400. The van der Waals surface area contributed by atoms with Crippen LogP contribution >= 0.6 is 12.4 Å². The van der Waals surface area contributed by atoms with E-state index in [0.717, 1.165) is 17.1 Å². The number of benzene rings is 1. The van der Waals surface area contributed by atoms with Crippen molar-refractivity contribution in [2.24, 2.45) is 5.73 Å². The third kappa shape index (κ3) is 2.11. The van der Waals surface area contributed by atoms with Crippen LogP contribution in [0.5, 0.6) is 11.5 Å². The summed E-state index contributed by atoms with van der Waals surface area (Å²) in [5, 5.41) is 0. The Morgan fingerprint density at radius 3 is 2.50 bits per heavy atom. The zero-order valence-corrected chi connectivity index (χ0v) is 8.84. The molecule has 0 saturated heterocycles. The Hall–Kier alpha value is -0.930. The van der Waals surface area contributed by atoms with Crippen LogP contribution < -0.4 is 15.2 Å². The van der Waals surface area contributed by atoms with Crippen molar-refractivity contribution in [1.82, 2.24) is 0 Å². The minimum atomic E-state index is 0. The minimum absolute atomic E-state index is 0. The largest absolute Gasteiger partial charge is 0.486 e. The molecule has 0 bridgehead atoms. The first-order valence-electron chi connectivity index (χ1n) is 4.42. The van der Waals surface area contributed by atoms with Crippen molar-refractivity contribution in [3.05, 3.63) is 23.8 Å². The van der Waals surface area contributed by atoms with Crippen LogP contribution in [0, 0.1) is 0 Å². The van der Waals surface area contributed by atoms with E-state index in [1.807, 2.05) is 25.1 Å². The van der Waals surface area contributed by atoms with E-state index in [2.05, 4.69) is 0 Å². The molecular weight excluding hydrogens is 202 g/mol. The van der Waals surface area contributed by atoms with E-state index >= 15 is 0 Å². The molecule has 0 fully saturated rings. The molecule has 1 aliphatic rings. The standard InChI is InChI=1S/C10H13NO2.ClH/c1-7(11)8-2-3-9-10(6-8)13-5-4-12-9;/h2-3,6-7H,4-5,11H2,1H3;1H. The van der Waals surface area contributed by atoms with Crippen molar-refractivity contribution in [2.75, 3.05) is 13.2 Å². The highest BCUT2D eigenvalue weighted by atomic mass is 35.5. The number of rotatable bonds is 1. The molecule has 0 saturated carbocycles. The van der Waals surface area contributed by atoms with Gasteiger partial charge >= 0.3 is 0 Å². The number of hydrogen-bond donors (Lipinski definition) is 1. The van der Waals surface area contributed by atoms with Gasteiger partial charge in [-0.1, -0.05) is 6.07 Å². The maximum Gasteiger partial charge on any atom is 0.161 e. The number of nitrogens with two attached hydrogens (primary N) is 1. The molecular formula is C10H14ClNO2. The molecule has 0 radical (unpaired) electrons. The summed E-state index contributed by atoms with van der Waals surface area (Å²) in [6, 6.07) is 5.86. The topological polar surface area (TPSA) is 44.5 Å². The summed E-state index contributed by atoms with van der Waals surface area (Å²) in [7, 11) is 0. The summed E-state index contributed by atoms with van der Waals surface area (Å²) < 4.78 is 10.8. The summed E-state index contributed by atoms with van der Waals surface area (Å²) in [5.41, 5.74) is 6.82. The van der Waals surface area contributed by atoms with Gasteiger partial charge in [0.1, 0.15) is 13.2 Å². The van der Waals surface area contributed by atoms with Crippen molar-refractivity contribution < 1.29 is 9.47 Å². The van der Waals surface area contributed by atoms with Crippen LogP contribution in [-0.4, -0.2) is 13.2 Å². The average Bonchev–Trinajstić information content (AvgIpc) is 2.17. The van der Waals surface area contributed by atoms with Gasteiger partial charge in [-0.2, -0.15) is 0 Å². The third-order valence-corrected chi connectivity index (χ3v) is 2.09. The Morgan fingerprint density at radius 1 is 1.21 bits per heavy atom. The lowest BCUT2D eigenvalue weighted by Crippen LogP contribution is -2.16. The highest BCUT2D eigenvalue weighted by Gasteiger charge is 2.12. The van der Waals surface area contributed by atoms with Crippen LogP contribution in [0.25, 0.3) is 0 Å². The number of ether oxygens (including phenoxy) is 2. The molecule has 2 rings (SSSR count). The van der Waals surface area contributed by atoms with Crippen molar-refractivity contribution in [3.8, 4) is 11.5 Å². The smallest absolute Gasteiger partial charge is 0.161 e. The van der Waals surface area contributed by atoms with E-state index in [1.54, 1.807) is 0 Å². The second kappa shape index (κ2) is 4.53. The lowest BCUT2D eigenvalue weighted by Gasteiger charge is -2.19. The van der Waals surface area contributed by atoms with Gasteiger partial charge in [0.25, 0.3) is 0 Å². The molecule has 0 aromatic heterocycles. The van der Waals surface area contributed by atoms with Gasteiger partial charge in [-0.15, -0.1) is 12.4 Å². The third-order valence-electron chi connectivity index (χ3n) is 2.09. The van der Waals surface area contributed by atoms with Crippen LogP contribution in [0.4, 0.5) is 0 Å². The molecule has 4 heteroatoms. The number of fused-ring (bicyclic) bond motifs is 1. The maximum absolute atomic E-state index is 5.75. The van der Waals surface area contributed by atoms with Crippen LogP contribution in [-0.2, 0) is 0 Å². The summed E-state index contributed by atoms with van der Waals surface area (Å²) in [6.45, 7) is 3.20. The van der Waals surface area contributed by atoms with E-state index in [9.17, 15) is 0 Å². The monoisotopic (exact) mass is 215 g/mol. The van der Waals surface area contributed by atoms with E-state index in [-0.39, 0.29) is 18.4 Å². The van der Waals surface area contributed by atoms with E-state index in [1.165, 1.54) is 0 Å². The van der Waals surface area contributed by atoms with Gasteiger partial charge in [-0.05, 0) is 24.6 Å². The maximum atomic E-state index is 5.75. The molecule has 0 amide bonds. The lowest BCUT2D eigenvalue weighted by atomic mass is 10.1. The van der Waals surface area contributed by atoms with E-state index in [4.69, 9.17) is 15.2 Å². The van der Waals surface area contributed by atoms with Crippen molar-refractivity contribution >= 4 is 12.4 Å². The Labute approximate surface area is 89.6 Å². The fourth-order valence-electron chi connectivity index (χ4n) is 1.34. The molecule has 3 nitrogen and oxygen atoms in total. The number of hydrogen-bond acceptors (Lipinski definition) is 3. The van der Waals surface area contributed by atoms with Gasteiger partial charge < -0.3 is 15.2 Å². The summed E-state index contributed by atoms with van der Waals surface area (Å²) in [5.74, 6) is 1.62. The second-order valence-electron chi connectivity index (χ2n) is 3.19. The van der Waals surface area contributed by atoms with Crippen LogP contribution in [0.2, 0.25) is 0 Å². The van der Waals surface area contributed by atoms with Crippen LogP contribution in [0.3, 0.4) is 0 Å². The number of halogens is 1. The van der Waals surface area contributed by atoms with Crippen LogP contribution in [0.1, 0.15) is 18.5 Å². The molecule has 78 valence electrons. The molecule has 2 N–H and O–H groups in total. The first-order valence-corrected chi connectivity index (χ1v) is 4.42. The average molecular weight is 216 g/mol. The molecule has 0 spiro atoms. The Kier molecular flexibility index (Phi) is 3.61.